The lowest BCUT2D eigenvalue weighted by molar-refractivity contribution is 0.371. The second-order valence-electron chi connectivity index (χ2n) is 8.42. The maximum Gasteiger partial charge on any atom is 0.328 e. The number of hydrogen-bond donors (Lipinski definition) is 2. The average molecular weight is 416 g/mol. The molecule has 3 aromatic rings. The molecule has 3 unspecified atom stereocenters. The van der Waals surface area contributed by atoms with Crippen molar-refractivity contribution in [3.05, 3.63) is 73.9 Å². The number of fused-ring (bicyclic) bond motifs is 4. The molecular weight excluding hydrogens is 392 g/mol. The van der Waals surface area contributed by atoms with E-state index in [0.29, 0.717) is 41.3 Å². The second kappa shape index (κ2) is 7.71. The number of nitrogens with zero attached hydrogens (tertiary/aromatic N) is 2. The van der Waals surface area contributed by atoms with Crippen molar-refractivity contribution in [1.82, 2.24) is 14.9 Å². The number of hydrogen-bond acceptors (Lipinski definition) is 5. The summed E-state index contributed by atoms with van der Waals surface area (Å²) in [7, 11) is 1.71. The molecule has 3 atom stereocenters. The number of nitrogens with one attached hydrogen (secondary N) is 2. The van der Waals surface area contributed by atoms with E-state index in [9.17, 15) is 9.59 Å². The standard InChI is InChI=1S/C24H24N4O3/c1-31-21-4-2-3-17-16(21)8-6-15-13-26-19(22(15)17)9-10-28-23(29)18-7-5-14(12-25)11-20(18)27-24(28)30/h2-5,7,11,15,19,22,26H,6,8-10,13H2,1H3,(H,27,30). The molecule has 31 heavy (non-hydrogen) atoms. The van der Waals surface area contributed by atoms with Crippen molar-refractivity contribution in [1.29, 1.82) is 5.26 Å². The van der Waals surface area contributed by atoms with Crippen molar-refractivity contribution in [3.8, 4) is 11.8 Å². The van der Waals surface area contributed by atoms with E-state index in [1.165, 1.54) is 21.8 Å². The highest BCUT2D eigenvalue weighted by molar-refractivity contribution is 5.78. The predicted molar refractivity (Wildman–Crippen MR) is 117 cm³/mol. The molecule has 2 aliphatic rings. The maximum absolute atomic E-state index is 12.9. The van der Waals surface area contributed by atoms with Crippen LogP contribution >= 0.6 is 0 Å². The van der Waals surface area contributed by atoms with Crippen LogP contribution in [0.1, 0.15) is 35.4 Å². The van der Waals surface area contributed by atoms with Crippen LogP contribution in [0.2, 0.25) is 0 Å². The third-order valence-corrected chi connectivity index (χ3v) is 6.87. The quantitative estimate of drug-likeness (QED) is 0.680. The molecule has 0 saturated carbocycles. The molecule has 158 valence electrons. The second-order valence-corrected chi connectivity index (χ2v) is 8.42. The lowest BCUT2D eigenvalue weighted by Gasteiger charge is -2.32. The zero-order chi connectivity index (χ0) is 21.5. The molecule has 1 aromatic heterocycles. The van der Waals surface area contributed by atoms with Gasteiger partial charge >= 0.3 is 5.69 Å². The monoisotopic (exact) mass is 416 g/mol. The normalized spacial score (nSPS) is 22.0. The fraction of sp³-hybridized carbons (Fsp3) is 0.375. The Morgan fingerprint density at radius 3 is 2.94 bits per heavy atom. The van der Waals surface area contributed by atoms with E-state index in [1.54, 1.807) is 19.2 Å². The maximum atomic E-state index is 12.9. The van der Waals surface area contributed by atoms with Crippen LogP contribution < -0.4 is 21.3 Å². The lowest BCUT2D eigenvalue weighted by Crippen LogP contribution is -2.38. The van der Waals surface area contributed by atoms with Gasteiger partial charge in [-0.3, -0.25) is 9.36 Å². The first-order valence-corrected chi connectivity index (χ1v) is 10.7. The topological polar surface area (TPSA) is 99.9 Å². The first-order valence-electron chi connectivity index (χ1n) is 10.7. The highest BCUT2D eigenvalue weighted by Crippen LogP contribution is 2.45. The van der Waals surface area contributed by atoms with E-state index in [4.69, 9.17) is 10.00 Å². The van der Waals surface area contributed by atoms with Gasteiger partial charge in [0.25, 0.3) is 5.56 Å². The van der Waals surface area contributed by atoms with E-state index in [-0.39, 0.29) is 11.6 Å². The van der Waals surface area contributed by atoms with Crippen molar-refractivity contribution in [2.75, 3.05) is 13.7 Å². The molecule has 0 bridgehead atoms. The van der Waals surface area contributed by atoms with Crippen LogP contribution in [0, 0.1) is 17.2 Å². The molecule has 1 aliphatic carbocycles. The Bertz CT molecular complexity index is 1320. The van der Waals surface area contributed by atoms with E-state index < -0.39 is 5.69 Å². The Balaban J connectivity index is 1.44. The van der Waals surface area contributed by atoms with E-state index >= 15 is 0 Å². The number of aromatic amines is 1. The SMILES string of the molecule is COc1cccc2c1CCC1CNC(CCn3c(=O)[nH]c4cc(C#N)ccc4c3=O)C21. The van der Waals surface area contributed by atoms with Crippen LogP contribution in [-0.2, 0) is 13.0 Å². The summed E-state index contributed by atoms with van der Waals surface area (Å²) in [6.45, 7) is 1.29. The summed E-state index contributed by atoms with van der Waals surface area (Å²) in [5.41, 5.74) is 2.67. The van der Waals surface area contributed by atoms with Crippen LogP contribution in [-0.4, -0.2) is 29.2 Å². The molecule has 1 aliphatic heterocycles. The Labute approximate surface area is 179 Å². The summed E-state index contributed by atoms with van der Waals surface area (Å²) in [5.74, 6) is 1.86. The number of aromatic nitrogens is 2. The summed E-state index contributed by atoms with van der Waals surface area (Å²) in [6, 6.07) is 13.2. The molecule has 7 nitrogen and oxygen atoms in total. The van der Waals surface area contributed by atoms with Gasteiger partial charge < -0.3 is 15.0 Å². The van der Waals surface area contributed by atoms with Crippen LogP contribution in [0.4, 0.5) is 0 Å². The zero-order valence-corrected chi connectivity index (χ0v) is 17.4. The van der Waals surface area contributed by atoms with Gasteiger partial charge in [0, 0.05) is 18.5 Å². The first kappa shape index (κ1) is 19.6. The Hall–Kier alpha value is -3.37. The van der Waals surface area contributed by atoms with Gasteiger partial charge in [0.2, 0.25) is 0 Å². The van der Waals surface area contributed by atoms with Crippen LogP contribution in [0.5, 0.6) is 5.75 Å². The minimum absolute atomic E-state index is 0.194. The summed E-state index contributed by atoms with van der Waals surface area (Å²) >= 11 is 0. The number of nitriles is 1. The minimum Gasteiger partial charge on any atom is -0.496 e. The van der Waals surface area contributed by atoms with Gasteiger partial charge in [-0.25, -0.2) is 4.79 Å². The molecule has 2 N–H and O–H groups in total. The van der Waals surface area contributed by atoms with Crippen LogP contribution in [0.3, 0.4) is 0 Å². The fourth-order valence-electron chi connectivity index (χ4n) is 5.40. The molecule has 0 spiro atoms. The van der Waals surface area contributed by atoms with Crippen molar-refractivity contribution in [2.45, 2.75) is 37.8 Å². The Morgan fingerprint density at radius 2 is 2.13 bits per heavy atom. The third kappa shape index (κ3) is 3.24. The van der Waals surface area contributed by atoms with Gasteiger partial charge in [-0.2, -0.15) is 5.26 Å². The molecule has 1 fully saturated rings. The molecule has 7 heteroatoms. The zero-order valence-electron chi connectivity index (χ0n) is 17.4. The Morgan fingerprint density at radius 1 is 1.26 bits per heavy atom. The van der Waals surface area contributed by atoms with E-state index in [2.05, 4.69) is 16.4 Å². The highest BCUT2D eigenvalue weighted by atomic mass is 16.5. The van der Waals surface area contributed by atoms with Gasteiger partial charge in [-0.1, -0.05) is 12.1 Å². The molecular formula is C24H24N4O3. The van der Waals surface area contributed by atoms with Gasteiger partial charge in [0.1, 0.15) is 5.75 Å². The molecule has 5 rings (SSSR count). The molecule has 0 amide bonds. The number of H-pyrrole nitrogens is 1. The van der Waals surface area contributed by atoms with Gasteiger partial charge in [0.05, 0.1) is 29.6 Å². The molecule has 2 aromatic carbocycles. The van der Waals surface area contributed by atoms with E-state index in [1.807, 2.05) is 18.2 Å². The number of rotatable bonds is 4. The Kier molecular flexibility index (Phi) is 4.87. The summed E-state index contributed by atoms with van der Waals surface area (Å²) in [5, 5.41) is 13.1. The average Bonchev–Trinajstić information content (AvgIpc) is 3.21. The summed E-state index contributed by atoms with van der Waals surface area (Å²) in [4.78, 5) is 28.3. The smallest absolute Gasteiger partial charge is 0.328 e. The fourth-order valence-corrected chi connectivity index (χ4v) is 5.40. The van der Waals surface area contributed by atoms with Crippen LogP contribution in [0.25, 0.3) is 10.9 Å². The van der Waals surface area contributed by atoms with Gasteiger partial charge in [0.15, 0.2) is 0 Å². The van der Waals surface area contributed by atoms with Crippen molar-refractivity contribution < 1.29 is 4.74 Å². The summed E-state index contributed by atoms with van der Waals surface area (Å²) in [6.07, 6.45) is 2.81. The highest BCUT2D eigenvalue weighted by Gasteiger charge is 2.40. The van der Waals surface area contributed by atoms with Crippen molar-refractivity contribution in [3.63, 3.8) is 0 Å². The number of ether oxygens (including phenoxy) is 1. The lowest BCUT2D eigenvalue weighted by atomic mass is 9.73. The van der Waals surface area contributed by atoms with Crippen molar-refractivity contribution in [2.24, 2.45) is 5.92 Å². The number of methoxy groups -OCH3 is 1. The third-order valence-electron chi connectivity index (χ3n) is 6.87. The van der Waals surface area contributed by atoms with E-state index in [0.717, 1.165) is 25.1 Å². The van der Waals surface area contributed by atoms with Crippen LogP contribution in [0.15, 0.2) is 46.0 Å². The minimum atomic E-state index is -0.437. The molecule has 2 heterocycles. The first-order chi connectivity index (χ1) is 15.1. The molecule has 1 saturated heterocycles. The largest absolute Gasteiger partial charge is 0.496 e. The predicted octanol–water partition coefficient (Wildman–Crippen LogP) is 2.28. The van der Waals surface area contributed by atoms with Gasteiger partial charge in [-0.05, 0) is 67.1 Å². The number of benzene rings is 2. The summed E-state index contributed by atoms with van der Waals surface area (Å²) < 4.78 is 6.86. The van der Waals surface area contributed by atoms with Crippen molar-refractivity contribution >= 4 is 10.9 Å². The molecule has 0 radical (unpaired) electrons. The van der Waals surface area contributed by atoms with Gasteiger partial charge in [-0.15, -0.1) is 0 Å².